The van der Waals surface area contributed by atoms with Gasteiger partial charge in [0, 0.05) is 12.3 Å². The Bertz CT molecular complexity index is 1060. The first kappa shape index (κ1) is 30.9. The molecule has 9 N–H and O–H groups in total. The number of aromatic amines is 1. The highest BCUT2D eigenvalue weighted by Crippen LogP contribution is 2.59. The fourth-order valence-electron chi connectivity index (χ4n) is 2.92. The second kappa shape index (κ2) is 12.9. The van der Waals surface area contributed by atoms with E-state index >= 15 is 0 Å². The van der Waals surface area contributed by atoms with Crippen molar-refractivity contribution in [3.63, 3.8) is 0 Å². The summed E-state index contributed by atoms with van der Waals surface area (Å²) in [5.74, 6) is -1.56. The minimum absolute atomic E-state index is 0.588. The van der Waals surface area contributed by atoms with E-state index in [1.807, 2.05) is 4.98 Å². The molecule has 2 heterocycles. The molecular weight excluding hydrogens is 538 g/mol. The second-order valence-corrected chi connectivity index (χ2v) is 11.8. The lowest BCUT2D eigenvalue weighted by Gasteiger charge is -2.39. The number of hydrogen-bond donors (Lipinski definition) is 9. The van der Waals surface area contributed by atoms with Crippen LogP contribution in [0.25, 0.3) is 0 Å². The summed E-state index contributed by atoms with van der Waals surface area (Å²) in [4.78, 5) is 44.7. The second-order valence-electron chi connectivity index (χ2n) is 7.68. The van der Waals surface area contributed by atoms with Crippen LogP contribution in [0.3, 0.4) is 0 Å². The Balaban J connectivity index is 2.01. The van der Waals surface area contributed by atoms with Gasteiger partial charge in [-0.15, -0.1) is 0 Å². The third-order valence-corrected chi connectivity index (χ3v) is 8.80. The molecule has 208 valence electrons. The molecule has 1 fully saturated rings. The van der Waals surface area contributed by atoms with Gasteiger partial charge in [-0.05, 0) is 0 Å². The van der Waals surface area contributed by atoms with Gasteiger partial charge >= 0.3 is 20.9 Å². The number of aliphatic hydroxyl groups excluding tert-OH is 6. The predicted octanol–water partition coefficient (Wildman–Crippen LogP) is -4.61. The van der Waals surface area contributed by atoms with Crippen molar-refractivity contribution in [2.45, 2.75) is 49.6 Å². The van der Waals surface area contributed by atoms with Crippen LogP contribution in [-0.4, -0.2) is 119 Å². The Morgan fingerprint density at radius 2 is 1.75 bits per heavy atom. The summed E-state index contributed by atoms with van der Waals surface area (Å²) in [6.45, 7) is -3.27. The lowest BCUT2D eigenvalue weighted by molar-refractivity contribution is -0.278. The molecule has 20 heteroatoms. The quantitative estimate of drug-likeness (QED) is 0.101. The summed E-state index contributed by atoms with van der Waals surface area (Å²) in [7, 11) is -10.1. The van der Waals surface area contributed by atoms with E-state index in [0.29, 0.717) is 0 Å². The van der Waals surface area contributed by atoms with E-state index in [4.69, 9.17) is 24.2 Å². The first-order chi connectivity index (χ1) is 16.7. The van der Waals surface area contributed by atoms with E-state index in [1.54, 1.807) is 0 Å². The van der Waals surface area contributed by atoms with Crippen molar-refractivity contribution in [3.8, 4) is 0 Å². The summed E-state index contributed by atoms with van der Waals surface area (Å²) in [5, 5.41) is 57.5. The normalized spacial score (nSPS) is 29.7. The van der Waals surface area contributed by atoms with E-state index < -0.39 is 102 Å². The first-order valence-corrected chi connectivity index (χ1v) is 13.7. The van der Waals surface area contributed by atoms with E-state index in [-0.39, 0.29) is 0 Å². The van der Waals surface area contributed by atoms with Gasteiger partial charge in [0.15, 0.2) is 12.2 Å². The molecule has 0 saturated carbocycles. The third-order valence-electron chi connectivity index (χ3n) is 4.86. The van der Waals surface area contributed by atoms with Crippen molar-refractivity contribution in [2.75, 3.05) is 25.7 Å². The Morgan fingerprint density at radius 3 is 2.33 bits per heavy atom. The average molecular weight is 566 g/mol. The van der Waals surface area contributed by atoms with Crippen LogP contribution in [0.2, 0.25) is 0 Å². The van der Waals surface area contributed by atoms with E-state index in [0.717, 1.165) is 16.8 Å². The third kappa shape index (κ3) is 8.61. The van der Waals surface area contributed by atoms with E-state index in [1.165, 1.54) is 0 Å². The monoisotopic (exact) mass is 566 g/mol. The molecule has 1 aromatic rings. The van der Waals surface area contributed by atoms with Gasteiger partial charge in [-0.1, -0.05) is 0 Å². The van der Waals surface area contributed by atoms with Crippen molar-refractivity contribution < 1.29 is 68.1 Å². The van der Waals surface area contributed by atoms with Gasteiger partial charge in [-0.25, -0.2) is 4.79 Å². The van der Waals surface area contributed by atoms with Crippen LogP contribution in [0.15, 0.2) is 21.9 Å². The Labute approximate surface area is 202 Å². The molecule has 2 rings (SSSR count). The van der Waals surface area contributed by atoms with Crippen molar-refractivity contribution in [3.05, 3.63) is 33.1 Å². The van der Waals surface area contributed by atoms with Gasteiger partial charge in [0.1, 0.15) is 43.4 Å². The molecule has 0 spiro atoms. The van der Waals surface area contributed by atoms with Crippen molar-refractivity contribution in [2.24, 2.45) is 0 Å². The molecule has 0 aliphatic carbocycles. The van der Waals surface area contributed by atoms with E-state index in [2.05, 4.69) is 4.52 Å². The van der Waals surface area contributed by atoms with Crippen LogP contribution in [-0.2, 0) is 34.4 Å². The number of nitrogens with one attached hydrogen (secondary N) is 1. The fraction of sp³-hybridized carbons (Fsp3) is 0.750. The van der Waals surface area contributed by atoms with Crippen LogP contribution in [0.5, 0.6) is 0 Å². The zero-order valence-corrected chi connectivity index (χ0v) is 20.2. The number of ether oxygens (including phenoxy) is 2. The number of nitrogens with zero attached hydrogens (tertiary/aromatic N) is 1. The SMILES string of the molecule is O=c1ccn(CO[C@H](COP(=O)(O)CP(=O)(O)O[C@H]2OC(CO)[C@H](O)C(O)C2O)C(O)CO)c(=O)[nH]1. The lowest BCUT2D eigenvalue weighted by atomic mass is 10.00. The summed E-state index contributed by atoms with van der Waals surface area (Å²) >= 11 is 0. The predicted molar refractivity (Wildman–Crippen MR) is 115 cm³/mol. The first-order valence-electron chi connectivity index (χ1n) is 10.2. The molecule has 36 heavy (non-hydrogen) atoms. The maximum Gasteiger partial charge on any atom is 0.342 e. The van der Waals surface area contributed by atoms with Gasteiger partial charge in [0.2, 0.25) is 0 Å². The van der Waals surface area contributed by atoms with Gasteiger partial charge < -0.3 is 54.4 Å². The highest BCUT2D eigenvalue weighted by Gasteiger charge is 2.47. The number of rotatable bonds is 13. The molecule has 1 aromatic heterocycles. The zero-order chi connectivity index (χ0) is 27.3. The van der Waals surface area contributed by atoms with Crippen LogP contribution >= 0.6 is 15.2 Å². The molecule has 0 bridgehead atoms. The van der Waals surface area contributed by atoms with Gasteiger partial charge in [0.25, 0.3) is 5.56 Å². The molecule has 6 unspecified atom stereocenters. The largest absolute Gasteiger partial charge is 0.394 e. The maximum absolute atomic E-state index is 12.4. The molecule has 0 aromatic carbocycles. The Morgan fingerprint density at radius 1 is 1.08 bits per heavy atom. The van der Waals surface area contributed by atoms with Crippen molar-refractivity contribution in [1.82, 2.24) is 9.55 Å². The molecule has 1 aliphatic rings. The standard InChI is InChI=1S/C16H28N2O16P2/c19-3-8(21)10(31-6-18-2-1-11(22)17-16(18)26)5-32-35(27,28)7-36(29,30)34-15-14(25)13(24)12(23)9(4-20)33-15/h1-2,8-10,12-15,19-21,23-25H,3-7H2,(H,27,28)(H,29,30)(H,17,22,26)/t8?,9?,10-,12+,13?,14?,15-/m1/s1. The average Bonchev–Trinajstić information content (AvgIpc) is 2.79. The van der Waals surface area contributed by atoms with Gasteiger partial charge in [0.05, 0.1) is 19.8 Å². The molecule has 1 aliphatic heterocycles. The van der Waals surface area contributed by atoms with Crippen LogP contribution in [0, 0.1) is 0 Å². The van der Waals surface area contributed by atoms with Crippen LogP contribution in [0.1, 0.15) is 0 Å². The fourth-order valence-corrected chi connectivity index (χ4v) is 6.20. The topological polar surface area (TPSA) is 288 Å². The minimum atomic E-state index is -5.10. The number of aliphatic hydroxyl groups is 6. The zero-order valence-electron chi connectivity index (χ0n) is 18.4. The molecule has 18 nitrogen and oxygen atoms in total. The maximum atomic E-state index is 12.4. The molecule has 0 radical (unpaired) electrons. The van der Waals surface area contributed by atoms with Gasteiger partial charge in [-0.2, -0.15) is 0 Å². The molecule has 0 amide bonds. The Hall–Kier alpha value is -1.34. The number of hydrogen-bond acceptors (Lipinski definition) is 14. The number of aromatic nitrogens is 2. The summed E-state index contributed by atoms with van der Waals surface area (Å²) in [5.41, 5.74) is -1.56. The lowest BCUT2D eigenvalue weighted by Crippen LogP contribution is -2.58. The summed E-state index contributed by atoms with van der Waals surface area (Å²) in [6, 6.07) is 0.995. The van der Waals surface area contributed by atoms with E-state index in [9.17, 15) is 48.9 Å². The summed E-state index contributed by atoms with van der Waals surface area (Å²) < 4.78 is 45.0. The van der Waals surface area contributed by atoms with Crippen molar-refractivity contribution >= 4 is 15.2 Å². The van der Waals surface area contributed by atoms with Crippen LogP contribution < -0.4 is 11.2 Å². The molecule has 1 saturated heterocycles. The minimum Gasteiger partial charge on any atom is -0.394 e. The number of H-pyrrole nitrogens is 1. The van der Waals surface area contributed by atoms with Crippen LogP contribution in [0.4, 0.5) is 0 Å². The van der Waals surface area contributed by atoms with Gasteiger partial charge in [-0.3, -0.25) is 28.0 Å². The molecule has 9 atom stereocenters. The smallest absolute Gasteiger partial charge is 0.342 e. The highest BCUT2D eigenvalue weighted by atomic mass is 31.2. The molecular formula is C16H28N2O16P2. The summed E-state index contributed by atoms with van der Waals surface area (Å²) in [6.07, 6.45) is -11.5. The highest BCUT2D eigenvalue weighted by molar-refractivity contribution is 7.70. The van der Waals surface area contributed by atoms with Crippen molar-refractivity contribution in [1.29, 1.82) is 0 Å². The Kier molecular flexibility index (Phi) is 11.1.